The number of nitrogens with zero attached hydrogens (tertiary/aromatic N) is 1. The van der Waals surface area contributed by atoms with E-state index in [-0.39, 0.29) is 43.4 Å². The van der Waals surface area contributed by atoms with Gasteiger partial charge in [0.2, 0.25) is 0 Å². The average Bonchev–Trinajstić information content (AvgIpc) is 2.85. The van der Waals surface area contributed by atoms with Crippen LogP contribution in [0.15, 0.2) is 30.3 Å². The number of rotatable bonds is 9. The Labute approximate surface area is 205 Å². The van der Waals surface area contributed by atoms with Gasteiger partial charge in [-0.2, -0.15) is 0 Å². The number of benzene rings is 2. The van der Waals surface area contributed by atoms with Crippen LogP contribution in [-0.4, -0.2) is 49.6 Å². The van der Waals surface area contributed by atoms with Crippen LogP contribution in [0.3, 0.4) is 0 Å². The van der Waals surface area contributed by atoms with Gasteiger partial charge in [0.25, 0.3) is 0 Å². The molecule has 4 rings (SSSR count). The molecule has 35 heavy (non-hydrogen) atoms. The third-order valence-corrected chi connectivity index (χ3v) is 6.55. The zero-order chi connectivity index (χ0) is 24.9. The highest BCUT2D eigenvalue weighted by atomic mass is 16.6. The fraction of sp³-hybridized carbons (Fsp3) is 0.444. The first-order valence-electron chi connectivity index (χ1n) is 12.2. The molecular weight excluding hydrogens is 448 g/mol. The number of carbonyl (C=O) groups excluding carboxylic acids is 3. The van der Waals surface area contributed by atoms with Crippen molar-refractivity contribution in [1.29, 1.82) is 0 Å². The van der Waals surface area contributed by atoms with Crippen molar-refractivity contribution in [2.75, 3.05) is 26.7 Å². The van der Waals surface area contributed by atoms with Crippen molar-refractivity contribution in [3.05, 3.63) is 47.0 Å². The third kappa shape index (κ3) is 5.39. The molecule has 0 aromatic heterocycles. The maximum atomic E-state index is 12.8. The second-order valence-corrected chi connectivity index (χ2v) is 8.90. The van der Waals surface area contributed by atoms with Gasteiger partial charge in [-0.05, 0) is 68.1 Å². The third-order valence-electron chi connectivity index (χ3n) is 6.55. The molecule has 0 unspecified atom stereocenters. The molecule has 2 aromatic carbocycles. The van der Waals surface area contributed by atoms with Crippen molar-refractivity contribution < 1.29 is 28.6 Å². The van der Waals surface area contributed by atoms with E-state index in [4.69, 9.17) is 19.9 Å². The van der Waals surface area contributed by atoms with Crippen molar-refractivity contribution >= 4 is 17.9 Å². The zero-order valence-electron chi connectivity index (χ0n) is 20.3. The monoisotopic (exact) mass is 480 g/mol. The molecule has 2 N–H and O–H groups in total. The fourth-order valence-corrected chi connectivity index (χ4v) is 4.86. The van der Waals surface area contributed by atoms with Crippen LogP contribution >= 0.6 is 0 Å². The van der Waals surface area contributed by atoms with E-state index in [2.05, 4.69) is 18.0 Å². The Kier molecular flexibility index (Phi) is 7.83. The first kappa shape index (κ1) is 24.9. The summed E-state index contributed by atoms with van der Waals surface area (Å²) in [4.78, 5) is 39.3. The molecule has 2 aliphatic rings. The number of carbonyl (C=O) groups is 3. The topological polar surface area (TPSA) is 108 Å². The van der Waals surface area contributed by atoms with Gasteiger partial charge in [-0.3, -0.25) is 19.3 Å². The van der Waals surface area contributed by atoms with Crippen LogP contribution in [0.4, 0.5) is 0 Å². The predicted octanol–water partition coefficient (Wildman–Crippen LogP) is 3.33. The zero-order valence-corrected chi connectivity index (χ0v) is 20.3. The lowest BCUT2D eigenvalue weighted by Gasteiger charge is -2.40. The van der Waals surface area contributed by atoms with Crippen LogP contribution in [0.2, 0.25) is 0 Å². The van der Waals surface area contributed by atoms with Crippen LogP contribution in [0.25, 0.3) is 11.1 Å². The number of ether oxygens (including phenoxy) is 3. The van der Waals surface area contributed by atoms with Crippen LogP contribution < -0.4 is 15.2 Å². The Morgan fingerprint density at radius 1 is 1.00 bits per heavy atom. The second kappa shape index (κ2) is 11.0. The Bertz CT molecular complexity index is 1130. The van der Waals surface area contributed by atoms with Crippen LogP contribution in [0, 0.1) is 0 Å². The number of fused-ring (bicyclic) bond motifs is 2. The van der Waals surface area contributed by atoms with E-state index >= 15 is 0 Å². The molecule has 8 heteroatoms. The molecule has 186 valence electrons. The Balaban J connectivity index is 1.73. The van der Waals surface area contributed by atoms with Gasteiger partial charge in [0.05, 0.1) is 19.4 Å². The summed E-state index contributed by atoms with van der Waals surface area (Å²) in [5.41, 5.74) is 10.8. The van der Waals surface area contributed by atoms with E-state index < -0.39 is 17.9 Å². The highest BCUT2D eigenvalue weighted by Crippen LogP contribution is 2.51. The van der Waals surface area contributed by atoms with Gasteiger partial charge in [-0.1, -0.05) is 24.3 Å². The van der Waals surface area contributed by atoms with E-state index in [1.165, 1.54) is 11.1 Å². The Morgan fingerprint density at radius 2 is 1.77 bits per heavy atom. The lowest BCUT2D eigenvalue weighted by atomic mass is 9.77. The molecule has 0 amide bonds. The predicted molar refractivity (Wildman–Crippen MR) is 130 cm³/mol. The maximum Gasteiger partial charge on any atom is 0.311 e. The quantitative estimate of drug-likeness (QED) is 0.430. The van der Waals surface area contributed by atoms with Crippen molar-refractivity contribution in [3.63, 3.8) is 0 Å². The SMILES string of the molecule is CCOC(=O)CCC(=O)Oc1c(OC(=O)CCCN)ccc2c1-c1cccc3c1[C@@H](C2)N(C)CC3. The van der Waals surface area contributed by atoms with E-state index in [1.807, 2.05) is 18.2 Å². The van der Waals surface area contributed by atoms with Crippen molar-refractivity contribution in [1.82, 2.24) is 4.90 Å². The molecular formula is C27H32N2O6. The summed E-state index contributed by atoms with van der Waals surface area (Å²) in [6.45, 7) is 3.31. The van der Waals surface area contributed by atoms with Gasteiger partial charge in [0.15, 0.2) is 11.5 Å². The van der Waals surface area contributed by atoms with Gasteiger partial charge >= 0.3 is 17.9 Å². The van der Waals surface area contributed by atoms with Crippen LogP contribution in [-0.2, 0) is 32.0 Å². The lowest BCUT2D eigenvalue weighted by Crippen LogP contribution is -2.35. The number of likely N-dealkylation sites (N-methyl/N-ethyl adjacent to an activating group) is 1. The second-order valence-electron chi connectivity index (χ2n) is 8.90. The summed E-state index contributed by atoms with van der Waals surface area (Å²) in [6.07, 6.45) is 2.14. The standard InChI is InChI=1S/C27H32N2O6/c1-3-33-22(30)11-12-24(32)35-27-21(34-23(31)8-5-14-28)10-9-18-16-20-25-17(13-15-29(20)2)6-4-7-19(25)26(18)27/h4,6-7,9-10,20H,3,5,8,11-16,28H2,1-2H3/t20-/m1/s1. The first-order chi connectivity index (χ1) is 16.9. The summed E-state index contributed by atoms with van der Waals surface area (Å²) < 4.78 is 16.4. The molecule has 2 aromatic rings. The average molecular weight is 481 g/mol. The van der Waals surface area contributed by atoms with Crippen molar-refractivity contribution in [2.45, 2.75) is 51.5 Å². The van der Waals surface area contributed by atoms with E-state index in [1.54, 1.807) is 13.0 Å². The molecule has 1 heterocycles. The summed E-state index contributed by atoms with van der Waals surface area (Å²) >= 11 is 0. The molecule has 8 nitrogen and oxygen atoms in total. The van der Waals surface area contributed by atoms with Crippen molar-refractivity contribution in [3.8, 4) is 22.6 Å². The number of hydrogen-bond acceptors (Lipinski definition) is 8. The molecule has 0 bridgehead atoms. The normalized spacial score (nSPS) is 16.1. The summed E-state index contributed by atoms with van der Waals surface area (Å²) in [7, 11) is 2.12. The minimum atomic E-state index is -0.588. The summed E-state index contributed by atoms with van der Waals surface area (Å²) in [6, 6.07) is 10.0. The number of hydrogen-bond donors (Lipinski definition) is 1. The highest BCUT2D eigenvalue weighted by Gasteiger charge is 2.35. The highest BCUT2D eigenvalue weighted by molar-refractivity contribution is 5.88. The minimum absolute atomic E-state index is 0.0824. The molecule has 1 aliphatic heterocycles. The Morgan fingerprint density at radius 3 is 2.54 bits per heavy atom. The smallest absolute Gasteiger partial charge is 0.311 e. The fourth-order valence-electron chi connectivity index (χ4n) is 4.86. The summed E-state index contributed by atoms with van der Waals surface area (Å²) in [5, 5.41) is 0. The number of nitrogens with two attached hydrogens (primary N) is 1. The first-order valence-corrected chi connectivity index (χ1v) is 12.2. The molecule has 1 atom stereocenters. The van der Waals surface area contributed by atoms with Gasteiger partial charge < -0.3 is 19.9 Å². The van der Waals surface area contributed by atoms with Gasteiger partial charge in [-0.15, -0.1) is 0 Å². The van der Waals surface area contributed by atoms with E-state index in [9.17, 15) is 14.4 Å². The number of esters is 3. The molecule has 0 fully saturated rings. The Hall–Kier alpha value is -3.23. The lowest BCUT2D eigenvalue weighted by molar-refractivity contribution is -0.146. The largest absolute Gasteiger partial charge is 0.466 e. The molecule has 0 spiro atoms. The van der Waals surface area contributed by atoms with Gasteiger partial charge in [-0.25, -0.2) is 0 Å². The van der Waals surface area contributed by atoms with Gasteiger partial charge in [0, 0.05) is 24.6 Å². The van der Waals surface area contributed by atoms with E-state index in [0.717, 1.165) is 36.1 Å². The van der Waals surface area contributed by atoms with Crippen LogP contribution in [0.5, 0.6) is 11.5 Å². The molecule has 0 saturated heterocycles. The molecule has 0 saturated carbocycles. The van der Waals surface area contributed by atoms with E-state index in [0.29, 0.717) is 13.0 Å². The molecule has 0 radical (unpaired) electrons. The summed E-state index contributed by atoms with van der Waals surface area (Å²) in [5.74, 6) is -1.08. The van der Waals surface area contributed by atoms with Crippen molar-refractivity contribution in [2.24, 2.45) is 5.73 Å². The molecule has 1 aliphatic carbocycles. The van der Waals surface area contributed by atoms with Gasteiger partial charge in [0.1, 0.15) is 0 Å². The van der Waals surface area contributed by atoms with Crippen LogP contribution in [0.1, 0.15) is 55.3 Å². The maximum absolute atomic E-state index is 12.8. The minimum Gasteiger partial charge on any atom is -0.466 e.